The third-order valence-electron chi connectivity index (χ3n) is 10.2. The van der Waals surface area contributed by atoms with E-state index in [-0.39, 0.29) is 0 Å². The molecule has 0 saturated heterocycles. The second-order valence-electron chi connectivity index (χ2n) is 15.1. The Balaban J connectivity index is 3.25. The fraction of sp³-hybridized carbons (Fsp3) is 0.955. The van der Waals surface area contributed by atoms with Crippen LogP contribution in [0.25, 0.3) is 0 Å². The lowest BCUT2D eigenvalue weighted by molar-refractivity contribution is -0.259. The predicted molar refractivity (Wildman–Crippen MR) is 208 cm³/mol. The van der Waals surface area contributed by atoms with E-state index in [1.165, 1.54) is 218 Å². The van der Waals surface area contributed by atoms with E-state index in [0.717, 1.165) is 25.7 Å². The minimum Gasteiger partial charge on any atom is -0.247 e. The SMILES string of the molecule is CCCCCCCCCCCCCCCCCCCCCC(=O)OOC(=O)CCCCCCCCCCCCCCCCCCCCC. The van der Waals surface area contributed by atoms with Crippen LogP contribution in [0.1, 0.15) is 271 Å². The molecule has 0 fully saturated rings. The molecule has 0 aliphatic carbocycles. The van der Waals surface area contributed by atoms with Gasteiger partial charge in [0.1, 0.15) is 0 Å². The largest absolute Gasteiger partial charge is 0.355 e. The highest BCUT2D eigenvalue weighted by molar-refractivity contribution is 5.72. The van der Waals surface area contributed by atoms with Crippen LogP contribution in [-0.2, 0) is 19.4 Å². The van der Waals surface area contributed by atoms with Crippen LogP contribution >= 0.6 is 0 Å². The van der Waals surface area contributed by atoms with Gasteiger partial charge in [-0.25, -0.2) is 19.4 Å². The van der Waals surface area contributed by atoms with Crippen LogP contribution in [-0.4, -0.2) is 11.9 Å². The van der Waals surface area contributed by atoms with E-state index in [1.807, 2.05) is 0 Å². The van der Waals surface area contributed by atoms with E-state index in [2.05, 4.69) is 13.8 Å². The lowest BCUT2D eigenvalue weighted by Gasteiger charge is -2.05. The van der Waals surface area contributed by atoms with Crippen molar-refractivity contribution in [2.24, 2.45) is 0 Å². The topological polar surface area (TPSA) is 52.6 Å². The number of hydrogen-bond acceptors (Lipinski definition) is 4. The molecule has 0 aromatic heterocycles. The Morgan fingerprint density at radius 2 is 0.396 bits per heavy atom. The summed E-state index contributed by atoms with van der Waals surface area (Å²) in [4.78, 5) is 33.2. The van der Waals surface area contributed by atoms with Crippen LogP contribution in [0.2, 0.25) is 0 Å². The van der Waals surface area contributed by atoms with Crippen molar-refractivity contribution in [3.05, 3.63) is 0 Å². The first-order chi connectivity index (χ1) is 23.7. The van der Waals surface area contributed by atoms with Gasteiger partial charge in [-0.05, 0) is 12.8 Å². The highest BCUT2D eigenvalue weighted by Gasteiger charge is 2.09. The van der Waals surface area contributed by atoms with E-state index in [1.54, 1.807) is 0 Å². The number of rotatable bonds is 40. The summed E-state index contributed by atoms with van der Waals surface area (Å²) in [7, 11) is 0. The van der Waals surface area contributed by atoms with Gasteiger partial charge in [0.15, 0.2) is 0 Å². The fourth-order valence-corrected chi connectivity index (χ4v) is 6.87. The molecule has 0 radical (unpaired) electrons. The number of carbonyl (C=O) groups excluding carboxylic acids is 2. The molecule has 4 nitrogen and oxygen atoms in total. The van der Waals surface area contributed by atoms with Crippen molar-refractivity contribution in [1.29, 1.82) is 0 Å². The first kappa shape index (κ1) is 46.9. The summed E-state index contributed by atoms with van der Waals surface area (Å²) < 4.78 is 0. The van der Waals surface area contributed by atoms with E-state index in [4.69, 9.17) is 9.78 Å². The van der Waals surface area contributed by atoms with Gasteiger partial charge in [-0.1, -0.05) is 245 Å². The number of hydrogen-bond donors (Lipinski definition) is 0. The van der Waals surface area contributed by atoms with Crippen LogP contribution in [0.15, 0.2) is 0 Å². The summed E-state index contributed by atoms with van der Waals surface area (Å²) in [6, 6.07) is 0. The molecular formula is C44H86O4. The summed E-state index contributed by atoms with van der Waals surface area (Å²) in [6.07, 6.45) is 51.3. The van der Waals surface area contributed by atoms with E-state index in [0.29, 0.717) is 12.8 Å². The van der Waals surface area contributed by atoms with Crippen molar-refractivity contribution in [3.8, 4) is 0 Å². The van der Waals surface area contributed by atoms with Gasteiger partial charge in [0, 0.05) is 0 Å². The lowest BCUT2D eigenvalue weighted by Crippen LogP contribution is -2.11. The van der Waals surface area contributed by atoms with Crippen LogP contribution in [0.3, 0.4) is 0 Å². The molecule has 0 amide bonds. The predicted octanol–water partition coefficient (Wildman–Crippen LogP) is 15.6. The summed E-state index contributed by atoms with van der Waals surface area (Å²) in [5.74, 6) is -0.827. The zero-order valence-corrected chi connectivity index (χ0v) is 32.9. The summed E-state index contributed by atoms with van der Waals surface area (Å²) in [6.45, 7) is 4.57. The first-order valence-corrected chi connectivity index (χ1v) is 22.1. The summed E-state index contributed by atoms with van der Waals surface area (Å²) >= 11 is 0. The van der Waals surface area contributed by atoms with Gasteiger partial charge >= 0.3 is 11.9 Å². The Hall–Kier alpha value is -1.06. The van der Waals surface area contributed by atoms with Crippen molar-refractivity contribution >= 4 is 11.9 Å². The standard InChI is InChI=1S/C44H86O4/c1-3-5-7-9-11-13-15-17-19-21-23-25-27-29-31-33-35-37-39-41-43(45)47-48-44(46)42-40-38-36-34-32-30-28-26-24-22-20-18-16-14-12-10-8-6-4-2/h3-42H2,1-2H3. The quantitative estimate of drug-likeness (QED) is 0.0368. The molecule has 0 rings (SSSR count). The third kappa shape index (κ3) is 41.1. The van der Waals surface area contributed by atoms with Gasteiger partial charge in [0.25, 0.3) is 0 Å². The average Bonchev–Trinajstić information content (AvgIpc) is 3.09. The van der Waals surface area contributed by atoms with E-state index in [9.17, 15) is 9.59 Å². The van der Waals surface area contributed by atoms with Gasteiger partial charge in [0.05, 0.1) is 12.8 Å². The molecule has 0 aliphatic rings. The maximum absolute atomic E-state index is 11.9. The van der Waals surface area contributed by atoms with Gasteiger partial charge < -0.3 is 0 Å². The van der Waals surface area contributed by atoms with Crippen LogP contribution in [0.5, 0.6) is 0 Å². The molecule has 0 heterocycles. The van der Waals surface area contributed by atoms with Crippen LogP contribution in [0.4, 0.5) is 0 Å². The minimum absolute atomic E-state index is 0.339. The molecule has 0 aliphatic heterocycles. The Morgan fingerprint density at radius 1 is 0.250 bits per heavy atom. The number of unbranched alkanes of at least 4 members (excludes halogenated alkanes) is 36. The van der Waals surface area contributed by atoms with Gasteiger partial charge in [0.2, 0.25) is 0 Å². The smallest absolute Gasteiger partial charge is 0.247 e. The lowest BCUT2D eigenvalue weighted by atomic mass is 10.0. The zero-order chi connectivity index (χ0) is 34.9. The van der Waals surface area contributed by atoms with Crippen molar-refractivity contribution in [1.82, 2.24) is 0 Å². The van der Waals surface area contributed by atoms with E-state index < -0.39 is 11.9 Å². The summed E-state index contributed by atoms with van der Waals surface area (Å²) in [5.41, 5.74) is 0. The molecule has 48 heavy (non-hydrogen) atoms. The van der Waals surface area contributed by atoms with Gasteiger partial charge in [-0.2, -0.15) is 0 Å². The van der Waals surface area contributed by atoms with Gasteiger partial charge in [-0.3, -0.25) is 0 Å². The summed E-state index contributed by atoms with van der Waals surface area (Å²) in [5, 5.41) is 0. The van der Waals surface area contributed by atoms with Crippen molar-refractivity contribution in [2.45, 2.75) is 271 Å². The molecule has 0 spiro atoms. The monoisotopic (exact) mass is 679 g/mol. The fourth-order valence-electron chi connectivity index (χ4n) is 6.87. The molecule has 0 aromatic carbocycles. The van der Waals surface area contributed by atoms with Crippen molar-refractivity contribution < 1.29 is 19.4 Å². The van der Waals surface area contributed by atoms with Crippen LogP contribution < -0.4 is 0 Å². The Bertz CT molecular complexity index is 579. The third-order valence-corrected chi connectivity index (χ3v) is 10.2. The highest BCUT2D eigenvalue weighted by Crippen LogP contribution is 2.17. The normalized spacial score (nSPS) is 11.3. The average molecular weight is 679 g/mol. The van der Waals surface area contributed by atoms with Crippen molar-refractivity contribution in [2.75, 3.05) is 0 Å². The maximum Gasteiger partial charge on any atom is 0.355 e. The second kappa shape index (κ2) is 42.1. The molecular weight excluding hydrogens is 592 g/mol. The molecule has 0 atom stereocenters. The molecule has 0 N–H and O–H groups in total. The zero-order valence-electron chi connectivity index (χ0n) is 32.9. The Labute approximate surface area is 301 Å². The molecule has 0 saturated carbocycles. The highest BCUT2D eigenvalue weighted by atomic mass is 17.2. The Kier molecular flexibility index (Phi) is 41.2. The Morgan fingerprint density at radius 3 is 0.562 bits per heavy atom. The molecule has 0 aromatic rings. The number of carbonyl (C=O) groups is 2. The minimum atomic E-state index is -0.413. The second-order valence-corrected chi connectivity index (χ2v) is 15.1. The van der Waals surface area contributed by atoms with Crippen molar-refractivity contribution in [3.63, 3.8) is 0 Å². The van der Waals surface area contributed by atoms with Gasteiger partial charge in [-0.15, -0.1) is 0 Å². The maximum atomic E-state index is 11.9. The molecule has 0 unspecified atom stereocenters. The van der Waals surface area contributed by atoms with Crippen LogP contribution in [0, 0.1) is 0 Å². The molecule has 0 bridgehead atoms. The molecule has 4 heteroatoms. The van der Waals surface area contributed by atoms with E-state index >= 15 is 0 Å². The molecule has 286 valence electrons. The first-order valence-electron chi connectivity index (χ1n) is 22.1.